The number of nitrogens with zero attached hydrogens (tertiary/aromatic N) is 3. The number of fused-ring (bicyclic) bond motifs is 5. The van der Waals surface area contributed by atoms with Crippen LogP contribution < -0.4 is 5.32 Å². The van der Waals surface area contributed by atoms with E-state index in [4.69, 9.17) is 4.74 Å². The Hall–Kier alpha value is -3.51. The summed E-state index contributed by atoms with van der Waals surface area (Å²) in [6.45, 7) is 4.54. The minimum Gasteiger partial charge on any atom is -0.349 e. The molecule has 3 amide bonds. The number of rotatable bonds is 5. The van der Waals surface area contributed by atoms with Crippen molar-refractivity contribution in [3.8, 4) is 0 Å². The molecule has 11 heteroatoms. The van der Waals surface area contributed by atoms with Gasteiger partial charge in [-0.25, -0.2) is 0 Å². The standard InChI is InChI=1S/C35H38BrN5O5/c1-19(2)34(33(44)41-27(15-20-9-5-4-6-10-20)32(43)40-14-8-13-28(40)35(41,45)46-34)38-31(42)21-16-23-22-11-7-12-25-29(22)24(30(36)37-25)17-26(23)39(3)18-21/h4-7,9-12,16,19,21,26-28,37,45H,8,13-15,17-18H2,1-3H3,(H,38,42)/t21-,26-,27+,28+,34-,35+/m1/s1. The zero-order chi connectivity index (χ0) is 32.1. The number of benzene rings is 2. The third kappa shape index (κ3) is 4.14. The van der Waals surface area contributed by atoms with E-state index in [0.29, 0.717) is 25.9 Å². The topological polar surface area (TPSA) is 118 Å². The van der Waals surface area contributed by atoms with Gasteiger partial charge in [-0.2, -0.15) is 0 Å². The highest BCUT2D eigenvalue weighted by Crippen LogP contribution is 2.48. The van der Waals surface area contributed by atoms with Crippen LogP contribution in [0.15, 0.2) is 59.2 Å². The van der Waals surface area contributed by atoms with Crippen molar-refractivity contribution >= 4 is 50.1 Å². The minimum absolute atomic E-state index is 0.102. The van der Waals surface area contributed by atoms with Gasteiger partial charge in [0.15, 0.2) is 0 Å². The fourth-order valence-electron chi connectivity index (χ4n) is 8.51. The first kappa shape index (κ1) is 29.9. The molecule has 3 fully saturated rings. The molecule has 0 spiro atoms. The summed E-state index contributed by atoms with van der Waals surface area (Å²) >= 11 is 3.70. The Kier molecular flexibility index (Phi) is 6.82. The predicted molar refractivity (Wildman–Crippen MR) is 175 cm³/mol. The number of nitrogens with one attached hydrogen (secondary N) is 2. The Morgan fingerprint density at radius 2 is 1.96 bits per heavy atom. The lowest BCUT2D eigenvalue weighted by atomic mass is 9.79. The predicted octanol–water partition coefficient (Wildman–Crippen LogP) is 3.39. The highest BCUT2D eigenvalue weighted by molar-refractivity contribution is 9.10. The highest BCUT2D eigenvalue weighted by atomic mass is 79.9. The molecule has 0 bridgehead atoms. The van der Waals surface area contributed by atoms with Crippen molar-refractivity contribution in [3.63, 3.8) is 0 Å². The van der Waals surface area contributed by atoms with Gasteiger partial charge in [0, 0.05) is 42.4 Å². The second-order valence-electron chi connectivity index (χ2n) is 13.7. The van der Waals surface area contributed by atoms with Crippen molar-refractivity contribution in [2.24, 2.45) is 11.8 Å². The normalized spacial score (nSPS) is 32.1. The van der Waals surface area contributed by atoms with E-state index >= 15 is 0 Å². The molecule has 6 atom stereocenters. The van der Waals surface area contributed by atoms with Gasteiger partial charge in [-0.15, -0.1) is 0 Å². The number of ether oxygens (including phenoxy) is 1. The molecule has 46 heavy (non-hydrogen) atoms. The first-order chi connectivity index (χ1) is 22.0. The van der Waals surface area contributed by atoms with Gasteiger partial charge < -0.3 is 20.3 Å². The maximum atomic E-state index is 14.6. The van der Waals surface area contributed by atoms with Gasteiger partial charge >= 0.3 is 0 Å². The van der Waals surface area contributed by atoms with Crippen LogP contribution in [0.1, 0.15) is 43.4 Å². The van der Waals surface area contributed by atoms with E-state index in [1.807, 2.05) is 49.5 Å². The van der Waals surface area contributed by atoms with Crippen molar-refractivity contribution in [2.45, 2.75) is 69.3 Å². The summed E-state index contributed by atoms with van der Waals surface area (Å²) in [5.41, 5.74) is 3.47. The van der Waals surface area contributed by atoms with Crippen LogP contribution in [0.3, 0.4) is 0 Å². The molecule has 3 N–H and O–H groups in total. The largest absolute Gasteiger partial charge is 0.349 e. The molecule has 3 saturated heterocycles. The van der Waals surface area contributed by atoms with E-state index in [1.54, 1.807) is 18.7 Å². The zero-order valence-electron chi connectivity index (χ0n) is 26.1. The molecular weight excluding hydrogens is 650 g/mol. The third-order valence-electron chi connectivity index (χ3n) is 10.8. The van der Waals surface area contributed by atoms with E-state index in [9.17, 15) is 19.5 Å². The van der Waals surface area contributed by atoms with Crippen LogP contribution >= 0.6 is 15.9 Å². The van der Waals surface area contributed by atoms with Crippen LogP contribution in [0.5, 0.6) is 0 Å². The minimum atomic E-state index is -2.07. The number of H-pyrrole nitrogens is 1. The molecule has 1 aliphatic carbocycles. The molecule has 240 valence electrons. The molecular formula is C35H38BrN5O5. The Morgan fingerprint density at radius 1 is 1.17 bits per heavy atom. The van der Waals surface area contributed by atoms with Gasteiger partial charge in [-0.3, -0.25) is 28.9 Å². The fourth-order valence-corrected chi connectivity index (χ4v) is 9.08. The summed E-state index contributed by atoms with van der Waals surface area (Å²) in [5, 5.41) is 16.5. The van der Waals surface area contributed by atoms with Gasteiger partial charge in [-0.05, 0) is 70.6 Å². The van der Waals surface area contributed by atoms with Gasteiger partial charge in [0.2, 0.25) is 17.5 Å². The van der Waals surface area contributed by atoms with Crippen molar-refractivity contribution < 1.29 is 24.2 Å². The van der Waals surface area contributed by atoms with Crippen LogP contribution in [0.4, 0.5) is 0 Å². The maximum Gasteiger partial charge on any atom is 0.281 e. The Balaban J connectivity index is 1.15. The molecule has 4 aliphatic heterocycles. The zero-order valence-corrected chi connectivity index (χ0v) is 27.7. The van der Waals surface area contributed by atoms with Gasteiger partial charge in [-0.1, -0.05) is 62.4 Å². The number of carbonyl (C=O) groups excluding carboxylic acids is 3. The number of amides is 3. The molecule has 0 saturated carbocycles. The van der Waals surface area contributed by atoms with Crippen molar-refractivity contribution in [2.75, 3.05) is 20.1 Å². The molecule has 5 heterocycles. The number of halogens is 1. The summed E-state index contributed by atoms with van der Waals surface area (Å²) in [6.07, 6.45) is 4.26. The Labute approximate surface area is 275 Å². The average Bonchev–Trinajstić information content (AvgIpc) is 3.72. The average molecular weight is 689 g/mol. The Bertz CT molecular complexity index is 1810. The van der Waals surface area contributed by atoms with Gasteiger partial charge in [0.1, 0.15) is 12.1 Å². The maximum absolute atomic E-state index is 14.6. The van der Waals surface area contributed by atoms with Crippen LogP contribution in [0.2, 0.25) is 0 Å². The molecule has 2 aromatic carbocycles. The van der Waals surface area contributed by atoms with Gasteiger partial charge in [0.25, 0.3) is 11.8 Å². The Morgan fingerprint density at radius 3 is 2.72 bits per heavy atom. The summed E-state index contributed by atoms with van der Waals surface area (Å²) in [6, 6.07) is 14.1. The highest BCUT2D eigenvalue weighted by Gasteiger charge is 2.72. The van der Waals surface area contributed by atoms with E-state index in [2.05, 4.69) is 43.3 Å². The molecule has 0 radical (unpaired) electrons. The van der Waals surface area contributed by atoms with E-state index in [0.717, 1.165) is 38.6 Å². The molecule has 5 aliphatic rings. The van der Waals surface area contributed by atoms with E-state index in [-0.39, 0.29) is 24.3 Å². The number of carbonyl (C=O) groups is 3. The number of aromatic nitrogens is 1. The van der Waals surface area contributed by atoms with Crippen molar-refractivity contribution in [1.82, 2.24) is 25.0 Å². The molecule has 8 rings (SSSR count). The summed E-state index contributed by atoms with van der Waals surface area (Å²) in [5.74, 6) is -4.32. The number of piperazine rings is 1. The monoisotopic (exact) mass is 687 g/mol. The fraction of sp³-hybridized carbons (Fsp3) is 0.457. The number of likely N-dealkylation sites (N-methyl/N-ethyl adjacent to an activating group) is 1. The summed E-state index contributed by atoms with van der Waals surface area (Å²) in [4.78, 5) is 51.4. The summed E-state index contributed by atoms with van der Waals surface area (Å²) < 4.78 is 7.48. The smallest absolute Gasteiger partial charge is 0.281 e. The number of hydrogen-bond acceptors (Lipinski definition) is 6. The van der Waals surface area contributed by atoms with Crippen LogP contribution in [0.25, 0.3) is 16.5 Å². The first-order valence-electron chi connectivity index (χ1n) is 16.2. The van der Waals surface area contributed by atoms with Crippen LogP contribution in [0, 0.1) is 11.8 Å². The molecule has 0 unspecified atom stereocenters. The second kappa shape index (κ2) is 10.5. The SMILES string of the molecule is CC(C)[C@@]1(NC(=O)[C@@H]2C=C3c4cccc5[nH]c(Br)c(c45)C[C@H]3N(C)C2)O[C@@]2(O)[C@@H]3CCCN3C(=O)[C@H](Cc3ccccc3)N2C1=O. The summed E-state index contributed by atoms with van der Waals surface area (Å²) in [7, 11) is 2.02. The molecule has 3 aromatic rings. The lowest BCUT2D eigenvalue weighted by molar-refractivity contribution is -0.321. The molecule has 10 nitrogen and oxygen atoms in total. The van der Waals surface area contributed by atoms with E-state index < -0.39 is 41.5 Å². The molecule has 1 aromatic heterocycles. The van der Waals surface area contributed by atoms with Crippen LogP contribution in [-0.2, 0) is 32.0 Å². The van der Waals surface area contributed by atoms with Crippen molar-refractivity contribution in [1.29, 1.82) is 0 Å². The van der Waals surface area contributed by atoms with E-state index in [1.165, 1.54) is 10.5 Å². The first-order valence-corrected chi connectivity index (χ1v) is 17.0. The number of hydrogen-bond donors (Lipinski definition) is 3. The number of aromatic amines is 1. The lowest BCUT2D eigenvalue weighted by Gasteiger charge is -2.48. The van der Waals surface area contributed by atoms with Crippen LogP contribution in [-0.4, -0.2) is 92.4 Å². The lowest BCUT2D eigenvalue weighted by Crippen LogP contribution is -2.71. The second-order valence-corrected chi connectivity index (χ2v) is 14.5. The van der Waals surface area contributed by atoms with Crippen molar-refractivity contribution in [3.05, 3.63) is 75.9 Å². The quantitative estimate of drug-likeness (QED) is 0.379. The van der Waals surface area contributed by atoms with Gasteiger partial charge in [0.05, 0.1) is 10.5 Å². The third-order valence-corrected chi connectivity index (χ3v) is 11.5. The number of aliphatic hydroxyl groups is 1.